The first-order valence-electron chi connectivity index (χ1n) is 11.2. The van der Waals surface area contributed by atoms with Crippen LogP contribution in [0.25, 0.3) is 0 Å². The topological polar surface area (TPSA) is 61.9 Å². The second-order valence-electron chi connectivity index (χ2n) is 9.15. The van der Waals surface area contributed by atoms with Crippen LogP contribution < -0.4 is 10.1 Å². The van der Waals surface area contributed by atoms with Crippen LogP contribution in [-0.4, -0.2) is 63.0 Å². The average molecular weight is 442 g/mol. The number of nitrogens with zero attached hydrogens (tertiary/aromatic N) is 2. The van der Waals surface area contributed by atoms with Crippen molar-refractivity contribution >= 4 is 10.0 Å². The lowest BCUT2D eigenvalue weighted by Crippen LogP contribution is -2.62. The Labute approximate surface area is 185 Å². The highest BCUT2D eigenvalue weighted by molar-refractivity contribution is 7.89. The van der Waals surface area contributed by atoms with E-state index in [1.54, 1.807) is 35.7 Å². The molecule has 6 nitrogen and oxygen atoms in total. The Morgan fingerprint density at radius 3 is 2.42 bits per heavy atom. The number of benzene rings is 2. The fraction of sp³-hybridized carbons (Fsp3) is 0.500. The van der Waals surface area contributed by atoms with Crippen LogP contribution in [0.1, 0.15) is 18.4 Å². The van der Waals surface area contributed by atoms with Crippen LogP contribution in [0.3, 0.4) is 0 Å². The highest BCUT2D eigenvalue weighted by Gasteiger charge is 2.45. The molecule has 166 valence electrons. The van der Waals surface area contributed by atoms with Crippen molar-refractivity contribution in [1.29, 1.82) is 0 Å². The van der Waals surface area contributed by atoms with E-state index in [2.05, 4.69) is 40.5 Å². The van der Waals surface area contributed by atoms with Gasteiger partial charge in [-0.05, 0) is 54.5 Å². The van der Waals surface area contributed by atoms with Crippen LogP contribution in [0, 0.1) is 11.8 Å². The summed E-state index contributed by atoms with van der Waals surface area (Å²) in [4.78, 5) is 2.92. The van der Waals surface area contributed by atoms with Gasteiger partial charge < -0.3 is 10.1 Å². The van der Waals surface area contributed by atoms with Crippen LogP contribution >= 0.6 is 0 Å². The standard InChI is InChI=1S/C24H31N3O3S/c1-30-21-8-10-22(11-9-21)31(28,29)27-15-20(16-27)25-24-12-7-19-14-26(17-23(19)24)13-18-5-3-2-4-6-18/h2-6,8-11,19-20,23-25H,7,12-17H2,1H3/t19-,23-,24+/m0/s1. The van der Waals surface area contributed by atoms with Crippen molar-refractivity contribution in [2.24, 2.45) is 11.8 Å². The van der Waals surface area contributed by atoms with Crippen molar-refractivity contribution in [2.75, 3.05) is 33.3 Å². The molecule has 0 bridgehead atoms. The smallest absolute Gasteiger partial charge is 0.243 e. The van der Waals surface area contributed by atoms with E-state index < -0.39 is 10.0 Å². The van der Waals surface area contributed by atoms with Gasteiger partial charge in [0.15, 0.2) is 0 Å². The van der Waals surface area contributed by atoms with Gasteiger partial charge in [-0.2, -0.15) is 4.31 Å². The minimum Gasteiger partial charge on any atom is -0.497 e. The SMILES string of the molecule is COc1ccc(S(=O)(=O)N2CC(N[C@@H]3CC[C@H]4CN(Cc5ccccc5)C[C@@H]43)C2)cc1. The summed E-state index contributed by atoms with van der Waals surface area (Å²) in [7, 11) is -1.85. The Hall–Kier alpha value is -1.93. The summed E-state index contributed by atoms with van der Waals surface area (Å²) in [5.41, 5.74) is 1.38. The molecular weight excluding hydrogens is 410 g/mol. The number of rotatable bonds is 7. The molecule has 3 atom stereocenters. The summed E-state index contributed by atoms with van der Waals surface area (Å²) in [5.74, 6) is 2.10. The zero-order valence-electron chi connectivity index (χ0n) is 18.0. The van der Waals surface area contributed by atoms with Crippen molar-refractivity contribution in [3.05, 3.63) is 60.2 Å². The van der Waals surface area contributed by atoms with Crippen LogP contribution in [0.2, 0.25) is 0 Å². The molecule has 2 heterocycles. The molecule has 1 saturated carbocycles. The highest BCUT2D eigenvalue weighted by atomic mass is 32.2. The molecule has 0 unspecified atom stereocenters. The summed E-state index contributed by atoms with van der Waals surface area (Å²) >= 11 is 0. The molecule has 2 saturated heterocycles. The van der Waals surface area contributed by atoms with E-state index in [0.717, 1.165) is 19.0 Å². The van der Waals surface area contributed by atoms with Gasteiger partial charge in [0.1, 0.15) is 5.75 Å². The summed E-state index contributed by atoms with van der Waals surface area (Å²) in [5, 5.41) is 3.79. The Morgan fingerprint density at radius 2 is 1.71 bits per heavy atom. The number of nitrogens with one attached hydrogen (secondary N) is 1. The molecular formula is C24H31N3O3S. The van der Waals surface area contributed by atoms with Crippen LogP contribution in [0.5, 0.6) is 5.75 Å². The van der Waals surface area contributed by atoms with Crippen LogP contribution in [-0.2, 0) is 16.6 Å². The van der Waals surface area contributed by atoms with Gasteiger partial charge in [-0.25, -0.2) is 8.42 Å². The van der Waals surface area contributed by atoms with Crippen LogP contribution in [0.15, 0.2) is 59.5 Å². The maximum Gasteiger partial charge on any atom is 0.243 e. The van der Waals surface area contributed by atoms with E-state index in [1.165, 1.54) is 24.9 Å². The fourth-order valence-electron chi connectivity index (χ4n) is 5.47. The number of hydrogen-bond acceptors (Lipinski definition) is 5. The molecule has 5 rings (SSSR count). The number of fused-ring (bicyclic) bond motifs is 1. The third-order valence-corrected chi connectivity index (χ3v) is 9.02. The number of hydrogen-bond donors (Lipinski definition) is 1. The second-order valence-corrected chi connectivity index (χ2v) is 11.1. The van der Waals surface area contributed by atoms with E-state index >= 15 is 0 Å². The minimum atomic E-state index is -3.43. The molecule has 7 heteroatoms. The van der Waals surface area contributed by atoms with Crippen molar-refractivity contribution in [1.82, 2.24) is 14.5 Å². The van der Waals surface area contributed by atoms with Gasteiger partial charge in [0, 0.05) is 44.8 Å². The van der Waals surface area contributed by atoms with Crippen molar-refractivity contribution in [3.8, 4) is 5.75 Å². The summed E-state index contributed by atoms with van der Waals surface area (Å²) in [6, 6.07) is 18.1. The highest BCUT2D eigenvalue weighted by Crippen LogP contribution is 2.39. The van der Waals surface area contributed by atoms with Gasteiger partial charge in [0.25, 0.3) is 0 Å². The monoisotopic (exact) mass is 441 g/mol. The van der Waals surface area contributed by atoms with Crippen LogP contribution in [0.4, 0.5) is 0 Å². The lowest BCUT2D eigenvalue weighted by Gasteiger charge is -2.41. The Bertz CT molecular complexity index is 990. The Kier molecular flexibility index (Phi) is 5.77. The van der Waals surface area contributed by atoms with E-state index in [9.17, 15) is 8.42 Å². The third-order valence-electron chi connectivity index (χ3n) is 7.18. The van der Waals surface area contributed by atoms with E-state index in [1.807, 2.05) is 0 Å². The first kappa shape index (κ1) is 20.9. The Balaban J connectivity index is 1.13. The molecule has 0 aromatic heterocycles. The molecule has 2 aliphatic heterocycles. The number of methoxy groups -OCH3 is 1. The molecule has 3 aliphatic rings. The summed E-state index contributed by atoms with van der Waals surface area (Å²) < 4.78 is 32.4. The average Bonchev–Trinajstić information content (AvgIpc) is 3.31. The number of likely N-dealkylation sites (tertiary alicyclic amines) is 1. The molecule has 31 heavy (non-hydrogen) atoms. The fourth-order valence-corrected chi connectivity index (χ4v) is 7.01. The minimum absolute atomic E-state index is 0.250. The second kappa shape index (κ2) is 8.54. The zero-order chi connectivity index (χ0) is 21.4. The lowest BCUT2D eigenvalue weighted by molar-refractivity contribution is 0.193. The van der Waals surface area contributed by atoms with Gasteiger partial charge in [0.05, 0.1) is 12.0 Å². The molecule has 2 aromatic rings. The van der Waals surface area contributed by atoms with Gasteiger partial charge in [-0.1, -0.05) is 30.3 Å². The molecule has 3 fully saturated rings. The predicted octanol–water partition coefficient (Wildman–Crippen LogP) is 2.57. The molecule has 2 aromatic carbocycles. The Morgan fingerprint density at radius 1 is 0.968 bits per heavy atom. The number of sulfonamides is 1. The quantitative estimate of drug-likeness (QED) is 0.716. The van der Waals surface area contributed by atoms with Gasteiger partial charge >= 0.3 is 0 Å². The van der Waals surface area contributed by atoms with Gasteiger partial charge in [0.2, 0.25) is 10.0 Å². The third kappa shape index (κ3) is 4.24. The maximum absolute atomic E-state index is 12.8. The number of ether oxygens (including phenoxy) is 1. The molecule has 0 spiro atoms. The lowest BCUT2D eigenvalue weighted by atomic mass is 9.96. The maximum atomic E-state index is 12.8. The molecule has 1 aliphatic carbocycles. The normalized spacial score (nSPS) is 27.2. The summed E-state index contributed by atoms with van der Waals surface area (Å²) in [6.45, 7) is 4.45. The molecule has 0 amide bonds. The van der Waals surface area contributed by atoms with Crippen molar-refractivity contribution in [2.45, 2.75) is 36.4 Å². The van der Waals surface area contributed by atoms with Crippen molar-refractivity contribution in [3.63, 3.8) is 0 Å². The van der Waals surface area contributed by atoms with Gasteiger partial charge in [-0.3, -0.25) is 4.90 Å². The van der Waals surface area contributed by atoms with Crippen molar-refractivity contribution < 1.29 is 13.2 Å². The first-order chi connectivity index (χ1) is 15.0. The van der Waals surface area contributed by atoms with E-state index in [0.29, 0.717) is 35.7 Å². The molecule has 0 radical (unpaired) electrons. The van der Waals surface area contributed by atoms with E-state index in [4.69, 9.17) is 4.74 Å². The summed E-state index contributed by atoms with van der Waals surface area (Å²) in [6.07, 6.45) is 2.48. The first-order valence-corrected chi connectivity index (χ1v) is 12.6. The zero-order valence-corrected chi connectivity index (χ0v) is 18.8. The molecule has 1 N–H and O–H groups in total. The largest absolute Gasteiger partial charge is 0.497 e. The predicted molar refractivity (Wildman–Crippen MR) is 120 cm³/mol. The van der Waals surface area contributed by atoms with E-state index in [-0.39, 0.29) is 6.04 Å². The van der Waals surface area contributed by atoms with Gasteiger partial charge in [-0.15, -0.1) is 0 Å².